The lowest BCUT2D eigenvalue weighted by atomic mass is 10.1. The van der Waals surface area contributed by atoms with Crippen molar-refractivity contribution in [2.75, 3.05) is 5.32 Å². The van der Waals surface area contributed by atoms with Crippen molar-refractivity contribution in [3.05, 3.63) is 65.5 Å². The Balaban J connectivity index is 1.79. The summed E-state index contributed by atoms with van der Waals surface area (Å²) in [6.45, 7) is 0. The lowest BCUT2D eigenvalue weighted by Gasteiger charge is -2.01. The Bertz CT molecular complexity index is 944. The summed E-state index contributed by atoms with van der Waals surface area (Å²) in [7, 11) is 0. The van der Waals surface area contributed by atoms with Gasteiger partial charge in [0.25, 0.3) is 5.91 Å². The smallest absolute Gasteiger partial charge is 0.275 e. The van der Waals surface area contributed by atoms with Crippen LogP contribution in [0.4, 0.5) is 14.6 Å². The maximum Gasteiger partial charge on any atom is 0.275 e. The molecule has 6 nitrogen and oxygen atoms in total. The van der Waals surface area contributed by atoms with Gasteiger partial charge in [-0.15, -0.1) is 0 Å². The largest absolute Gasteiger partial charge is 0.304 e. The molecular weight excluding hydrogens is 316 g/mol. The zero-order valence-corrected chi connectivity index (χ0v) is 12.0. The molecule has 0 saturated heterocycles. The summed E-state index contributed by atoms with van der Waals surface area (Å²) < 4.78 is 27.0. The van der Waals surface area contributed by atoms with E-state index >= 15 is 0 Å². The van der Waals surface area contributed by atoms with Gasteiger partial charge in [-0.05, 0) is 24.3 Å². The van der Waals surface area contributed by atoms with E-state index in [1.165, 1.54) is 36.5 Å². The number of anilines is 1. The van der Waals surface area contributed by atoms with Crippen LogP contribution >= 0.6 is 0 Å². The van der Waals surface area contributed by atoms with Crippen LogP contribution in [0.3, 0.4) is 0 Å². The van der Waals surface area contributed by atoms with Crippen LogP contribution in [0.25, 0.3) is 11.3 Å². The van der Waals surface area contributed by atoms with Crippen molar-refractivity contribution in [1.82, 2.24) is 15.2 Å². The molecule has 8 heteroatoms. The third-order valence-electron chi connectivity index (χ3n) is 3.19. The number of nitriles is 1. The average Bonchev–Trinajstić information content (AvgIpc) is 3.05. The molecule has 2 N–H and O–H groups in total. The zero-order chi connectivity index (χ0) is 17.1. The minimum atomic E-state index is -1.01. The van der Waals surface area contributed by atoms with E-state index in [9.17, 15) is 13.6 Å². The molecule has 3 aromatic rings. The molecule has 0 aliphatic carbocycles. The predicted molar refractivity (Wildman–Crippen MR) is 80.8 cm³/mol. The van der Waals surface area contributed by atoms with Crippen LogP contribution in [0.1, 0.15) is 16.1 Å². The molecule has 1 aromatic carbocycles. The molecule has 0 aliphatic rings. The SMILES string of the molecule is N#Cc1ccc(C(=O)Nc2cc(-c3cccc(F)c3F)[nH]n2)nc1. The molecule has 0 unspecified atom stereocenters. The monoisotopic (exact) mass is 325 g/mol. The number of pyridine rings is 1. The standard InChI is InChI=1S/C16H9F2N5O/c17-11-3-1-2-10(15(11)18)13-6-14(23-22-13)21-16(24)12-5-4-9(7-19)8-20-12/h1-6,8H,(H2,21,22,23,24). The quantitative estimate of drug-likeness (QED) is 0.774. The van der Waals surface area contributed by atoms with Gasteiger partial charge in [-0.25, -0.2) is 13.8 Å². The van der Waals surface area contributed by atoms with Gasteiger partial charge in [0, 0.05) is 17.8 Å². The molecule has 24 heavy (non-hydrogen) atoms. The van der Waals surface area contributed by atoms with E-state index in [0.29, 0.717) is 5.56 Å². The van der Waals surface area contributed by atoms with Crippen molar-refractivity contribution in [2.24, 2.45) is 0 Å². The Hall–Kier alpha value is -3.60. The van der Waals surface area contributed by atoms with E-state index in [4.69, 9.17) is 5.26 Å². The summed E-state index contributed by atoms with van der Waals surface area (Å²) in [5, 5.41) is 17.5. The number of benzene rings is 1. The van der Waals surface area contributed by atoms with Crippen molar-refractivity contribution in [2.45, 2.75) is 0 Å². The number of carbonyl (C=O) groups is 1. The van der Waals surface area contributed by atoms with Crippen LogP contribution in [0, 0.1) is 23.0 Å². The number of aromatic nitrogens is 3. The third kappa shape index (κ3) is 2.96. The Labute approximate surface area is 134 Å². The molecule has 0 fully saturated rings. The molecule has 0 radical (unpaired) electrons. The number of amides is 1. The molecule has 0 bridgehead atoms. The summed E-state index contributed by atoms with van der Waals surface area (Å²) in [5.41, 5.74) is 0.639. The van der Waals surface area contributed by atoms with Gasteiger partial charge in [-0.3, -0.25) is 9.89 Å². The van der Waals surface area contributed by atoms with E-state index in [2.05, 4.69) is 20.5 Å². The number of aromatic amines is 1. The highest BCUT2D eigenvalue weighted by molar-refractivity contribution is 6.02. The van der Waals surface area contributed by atoms with Crippen molar-refractivity contribution in [1.29, 1.82) is 5.26 Å². The number of carbonyl (C=O) groups excluding carboxylic acids is 1. The topological polar surface area (TPSA) is 94.5 Å². The molecule has 0 spiro atoms. The first-order chi connectivity index (χ1) is 11.6. The predicted octanol–water partition coefficient (Wildman–Crippen LogP) is 2.87. The van der Waals surface area contributed by atoms with Gasteiger partial charge in [0.15, 0.2) is 17.5 Å². The Morgan fingerprint density at radius 2 is 2.08 bits per heavy atom. The van der Waals surface area contributed by atoms with Crippen LogP contribution in [-0.2, 0) is 0 Å². The number of hydrogen-bond acceptors (Lipinski definition) is 4. The number of nitrogens with one attached hydrogen (secondary N) is 2. The van der Waals surface area contributed by atoms with Gasteiger partial charge < -0.3 is 5.32 Å². The second kappa shape index (κ2) is 6.26. The summed E-state index contributed by atoms with van der Waals surface area (Å²) in [6.07, 6.45) is 1.27. The van der Waals surface area contributed by atoms with Crippen molar-refractivity contribution in [3.8, 4) is 17.3 Å². The summed E-state index contributed by atoms with van der Waals surface area (Å²) in [4.78, 5) is 15.9. The van der Waals surface area contributed by atoms with Gasteiger partial charge in [-0.1, -0.05) is 6.07 Å². The summed E-state index contributed by atoms with van der Waals surface area (Å²) >= 11 is 0. The Kier molecular flexibility index (Phi) is 3.99. The molecule has 0 atom stereocenters. The van der Waals surface area contributed by atoms with Crippen molar-refractivity contribution in [3.63, 3.8) is 0 Å². The van der Waals surface area contributed by atoms with Crippen LogP contribution in [-0.4, -0.2) is 21.1 Å². The summed E-state index contributed by atoms with van der Waals surface area (Å²) in [5.74, 6) is -2.40. The number of rotatable bonds is 3. The summed E-state index contributed by atoms with van der Waals surface area (Å²) in [6, 6.07) is 9.89. The Morgan fingerprint density at radius 1 is 1.25 bits per heavy atom. The number of nitrogens with zero attached hydrogens (tertiary/aromatic N) is 3. The van der Waals surface area contributed by atoms with Gasteiger partial charge in [-0.2, -0.15) is 10.4 Å². The molecule has 3 rings (SSSR count). The first kappa shape index (κ1) is 15.3. The number of hydrogen-bond donors (Lipinski definition) is 2. The fourth-order valence-corrected chi connectivity index (χ4v) is 2.01. The maximum absolute atomic E-state index is 13.7. The lowest BCUT2D eigenvalue weighted by Crippen LogP contribution is -2.13. The minimum Gasteiger partial charge on any atom is -0.304 e. The van der Waals surface area contributed by atoms with E-state index < -0.39 is 17.5 Å². The molecule has 2 heterocycles. The van der Waals surface area contributed by atoms with Crippen LogP contribution in [0.5, 0.6) is 0 Å². The van der Waals surface area contributed by atoms with E-state index in [-0.39, 0.29) is 22.8 Å². The molecule has 0 saturated carbocycles. The zero-order valence-electron chi connectivity index (χ0n) is 12.0. The van der Waals surface area contributed by atoms with Gasteiger partial charge in [0.05, 0.1) is 11.3 Å². The highest BCUT2D eigenvalue weighted by atomic mass is 19.2. The van der Waals surface area contributed by atoms with E-state index in [0.717, 1.165) is 6.07 Å². The van der Waals surface area contributed by atoms with Gasteiger partial charge >= 0.3 is 0 Å². The molecule has 118 valence electrons. The third-order valence-corrected chi connectivity index (χ3v) is 3.19. The van der Waals surface area contributed by atoms with Crippen LogP contribution in [0.15, 0.2) is 42.6 Å². The fourth-order valence-electron chi connectivity index (χ4n) is 2.01. The molecule has 2 aromatic heterocycles. The van der Waals surface area contributed by atoms with E-state index in [1.807, 2.05) is 6.07 Å². The lowest BCUT2D eigenvalue weighted by molar-refractivity contribution is 0.102. The number of H-pyrrole nitrogens is 1. The van der Waals surface area contributed by atoms with Gasteiger partial charge in [0.1, 0.15) is 11.8 Å². The average molecular weight is 325 g/mol. The normalized spacial score (nSPS) is 10.2. The second-order valence-electron chi connectivity index (χ2n) is 4.77. The van der Waals surface area contributed by atoms with Gasteiger partial charge in [0.2, 0.25) is 0 Å². The molecular formula is C16H9F2N5O. The Morgan fingerprint density at radius 3 is 2.79 bits per heavy atom. The van der Waals surface area contributed by atoms with Crippen LogP contribution < -0.4 is 5.32 Å². The molecule has 1 amide bonds. The minimum absolute atomic E-state index is 0.000466. The second-order valence-corrected chi connectivity index (χ2v) is 4.77. The van der Waals surface area contributed by atoms with Crippen LogP contribution in [0.2, 0.25) is 0 Å². The first-order valence-corrected chi connectivity index (χ1v) is 6.76. The van der Waals surface area contributed by atoms with E-state index in [1.54, 1.807) is 0 Å². The first-order valence-electron chi connectivity index (χ1n) is 6.76. The fraction of sp³-hybridized carbons (Fsp3) is 0. The maximum atomic E-state index is 13.7. The number of halogens is 2. The van der Waals surface area contributed by atoms with Crippen molar-refractivity contribution >= 4 is 11.7 Å². The van der Waals surface area contributed by atoms with Crippen molar-refractivity contribution < 1.29 is 13.6 Å². The highest BCUT2D eigenvalue weighted by Crippen LogP contribution is 2.24. The molecule has 0 aliphatic heterocycles. The highest BCUT2D eigenvalue weighted by Gasteiger charge is 2.14.